The van der Waals surface area contributed by atoms with E-state index in [1.807, 2.05) is 36.1 Å². The zero-order valence-electron chi connectivity index (χ0n) is 20.1. The van der Waals surface area contributed by atoms with E-state index in [9.17, 15) is 15.2 Å². The van der Waals surface area contributed by atoms with Crippen LogP contribution >= 0.6 is 23.2 Å². The van der Waals surface area contributed by atoms with Crippen LogP contribution in [0.25, 0.3) is 33.2 Å². The lowest BCUT2D eigenvalue weighted by atomic mass is 9.93. The van der Waals surface area contributed by atoms with Crippen LogP contribution in [-0.4, -0.2) is 46.6 Å². The van der Waals surface area contributed by atoms with Crippen molar-refractivity contribution in [2.75, 3.05) is 19.6 Å². The third kappa shape index (κ3) is 4.86. The molecule has 8 heteroatoms. The van der Waals surface area contributed by atoms with Crippen LogP contribution in [0.5, 0.6) is 5.75 Å². The number of aromatic hydroxyl groups is 1. The van der Waals surface area contributed by atoms with E-state index >= 15 is 0 Å². The molecule has 186 valence electrons. The molecule has 0 unspecified atom stereocenters. The minimum absolute atomic E-state index is 0.103. The molecule has 1 aromatic heterocycles. The maximum absolute atomic E-state index is 14.2. The molecule has 0 bridgehead atoms. The van der Waals surface area contributed by atoms with Gasteiger partial charge in [-0.05, 0) is 67.4 Å². The first-order valence-corrected chi connectivity index (χ1v) is 12.8. The smallest absolute Gasteiger partial charge is 0.255 e. The van der Waals surface area contributed by atoms with Crippen molar-refractivity contribution < 1.29 is 9.90 Å². The molecule has 1 aliphatic rings. The van der Waals surface area contributed by atoms with Gasteiger partial charge < -0.3 is 15.3 Å². The average molecular weight is 531 g/mol. The Morgan fingerprint density at radius 3 is 2.54 bits per heavy atom. The van der Waals surface area contributed by atoms with Crippen molar-refractivity contribution >= 4 is 40.0 Å². The van der Waals surface area contributed by atoms with Gasteiger partial charge >= 0.3 is 0 Å². The predicted octanol–water partition coefficient (Wildman–Crippen LogP) is 6.28. The number of nitriles is 1. The van der Waals surface area contributed by atoms with Crippen LogP contribution in [0.2, 0.25) is 10.0 Å². The summed E-state index contributed by atoms with van der Waals surface area (Å²) < 4.78 is 0. The number of rotatable bonds is 6. The third-order valence-corrected chi connectivity index (χ3v) is 7.19. The lowest BCUT2D eigenvalue weighted by molar-refractivity contribution is 0.0734. The Hall–Kier alpha value is -3.63. The summed E-state index contributed by atoms with van der Waals surface area (Å²) in [7, 11) is 0. The largest absolute Gasteiger partial charge is 0.506 e. The van der Waals surface area contributed by atoms with E-state index in [2.05, 4.69) is 10.3 Å². The highest BCUT2D eigenvalue weighted by molar-refractivity contribution is 6.35. The number of phenols is 1. The molecule has 0 radical (unpaired) electrons. The molecular weight excluding hydrogens is 507 g/mol. The number of carbonyl (C=O) groups excluding carboxylic acids is 1. The standard InChI is InChI=1S/C29H24Cl2N4O2/c1-2-35(16-22-8-9-33-22)29(37)27-24-12-17(23-5-3-4-18(14-32)28(23)36)6-7-26(24)34-15-25(27)19-10-20(30)13-21(31)11-19/h3-7,10-13,15,22,33,36H,2,8-9,16H2,1H3/t22-/m0/s1. The summed E-state index contributed by atoms with van der Waals surface area (Å²) in [5, 5.41) is 25.0. The Balaban J connectivity index is 1.74. The fourth-order valence-electron chi connectivity index (χ4n) is 4.67. The number of phenolic OH excluding ortho intramolecular Hbond substituents is 1. The average Bonchev–Trinajstić information content (AvgIpc) is 2.86. The molecule has 1 fully saturated rings. The van der Waals surface area contributed by atoms with Crippen LogP contribution in [0.3, 0.4) is 0 Å². The van der Waals surface area contributed by atoms with Gasteiger partial charge in [0, 0.05) is 51.9 Å². The van der Waals surface area contributed by atoms with Gasteiger partial charge in [0.15, 0.2) is 0 Å². The fourth-order valence-corrected chi connectivity index (χ4v) is 5.20. The number of hydrogen-bond donors (Lipinski definition) is 2. The van der Waals surface area contributed by atoms with Gasteiger partial charge in [0.1, 0.15) is 11.8 Å². The number of aromatic nitrogens is 1. The quantitative estimate of drug-likeness (QED) is 0.306. The van der Waals surface area contributed by atoms with Gasteiger partial charge in [-0.1, -0.05) is 41.4 Å². The Labute approximate surface area is 225 Å². The topological polar surface area (TPSA) is 89.3 Å². The monoisotopic (exact) mass is 530 g/mol. The highest BCUT2D eigenvalue weighted by Crippen LogP contribution is 2.37. The number of para-hydroxylation sites is 1. The second-order valence-electron chi connectivity index (χ2n) is 9.03. The first-order valence-electron chi connectivity index (χ1n) is 12.0. The molecule has 6 nitrogen and oxygen atoms in total. The summed E-state index contributed by atoms with van der Waals surface area (Å²) in [6, 6.07) is 18.0. The van der Waals surface area contributed by atoms with E-state index in [-0.39, 0.29) is 23.3 Å². The number of amides is 1. The maximum atomic E-state index is 14.2. The molecule has 0 saturated carbocycles. The highest BCUT2D eigenvalue weighted by Gasteiger charge is 2.27. The first kappa shape index (κ1) is 25.0. The Kier molecular flexibility index (Phi) is 7.03. The van der Waals surface area contributed by atoms with Crippen molar-refractivity contribution in [2.24, 2.45) is 0 Å². The maximum Gasteiger partial charge on any atom is 0.255 e. The number of benzene rings is 3. The molecule has 1 aliphatic heterocycles. The van der Waals surface area contributed by atoms with E-state index in [0.717, 1.165) is 13.0 Å². The van der Waals surface area contributed by atoms with Crippen molar-refractivity contribution in [1.29, 1.82) is 5.26 Å². The van der Waals surface area contributed by atoms with E-state index in [0.29, 0.717) is 61.9 Å². The number of halogens is 2. The molecule has 2 N–H and O–H groups in total. The minimum atomic E-state index is -0.123. The molecule has 0 aliphatic carbocycles. The molecule has 3 aromatic carbocycles. The summed E-state index contributed by atoms with van der Waals surface area (Å²) in [5.41, 5.74) is 3.78. The molecule has 2 heterocycles. The molecule has 37 heavy (non-hydrogen) atoms. The molecular formula is C29H24Cl2N4O2. The molecule has 1 atom stereocenters. The number of hydrogen-bond acceptors (Lipinski definition) is 5. The van der Waals surface area contributed by atoms with Gasteiger partial charge in [-0.2, -0.15) is 5.26 Å². The van der Waals surface area contributed by atoms with Crippen LogP contribution < -0.4 is 5.32 Å². The van der Waals surface area contributed by atoms with Crippen molar-refractivity contribution in [3.05, 3.63) is 82.0 Å². The van der Waals surface area contributed by atoms with Crippen LogP contribution in [0, 0.1) is 11.3 Å². The summed E-state index contributed by atoms with van der Waals surface area (Å²) >= 11 is 12.6. The van der Waals surface area contributed by atoms with Crippen molar-refractivity contribution in [3.63, 3.8) is 0 Å². The zero-order valence-corrected chi connectivity index (χ0v) is 21.6. The molecule has 1 saturated heterocycles. The van der Waals surface area contributed by atoms with E-state index in [1.54, 1.807) is 42.6 Å². The molecule has 0 spiro atoms. The van der Waals surface area contributed by atoms with Gasteiger partial charge in [-0.3, -0.25) is 9.78 Å². The van der Waals surface area contributed by atoms with Gasteiger partial charge in [-0.15, -0.1) is 0 Å². The fraction of sp³-hybridized carbons (Fsp3) is 0.207. The van der Waals surface area contributed by atoms with Gasteiger partial charge in [0.05, 0.1) is 16.6 Å². The normalized spacial score (nSPS) is 14.7. The van der Waals surface area contributed by atoms with Crippen LogP contribution in [0.1, 0.15) is 29.3 Å². The Morgan fingerprint density at radius 1 is 1.14 bits per heavy atom. The number of nitrogens with zero attached hydrogens (tertiary/aromatic N) is 3. The lowest BCUT2D eigenvalue weighted by Crippen LogP contribution is -2.51. The second kappa shape index (κ2) is 10.4. The van der Waals surface area contributed by atoms with Crippen LogP contribution in [-0.2, 0) is 0 Å². The first-order chi connectivity index (χ1) is 17.9. The number of fused-ring (bicyclic) bond motifs is 1. The third-order valence-electron chi connectivity index (χ3n) is 6.76. The molecule has 1 amide bonds. The summed E-state index contributed by atoms with van der Waals surface area (Å²) in [6.45, 7) is 4.06. The molecule has 5 rings (SSSR count). The number of carbonyl (C=O) groups is 1. The van der Waals surface area contributed by atoms with Crippen LogP contribution in [0.15, 0.2) is 60.8 Å². The van der Waals surface area contributed by atoms with Gasteiger partial charge in [0.25, 0.3) is 5.91 Å². The van der Waals surface area contributed by atoms with Gasteiger partial charge in [0.2, 0.25) is 0 Å². The summed E-state index contributed by atoms with van der Waals surface area (Å²) in [5.74, 6) is -0.226. The molecule has 4 aromatic rings. The van der Waals surface area contributed by atoms with E-state index < -0.39 is 0 Å². The SMILES string of the molecule is CCN(C[C@@H]1CCN1)C(=O)c1c(-c2cc(Cl)cc(Cl)c2)cnc2ccc(-c3cccc(C#N)c3O)cc12. The van der Waals surface area contributed by atoms with E-state index in [4.69, 9.17) is 23.2 Å². The number of pyridine rings is 1. The Bertz CT molecular complexity index is 1540. The summed E-state index contributed by atoms with van der Waals surface area (Å²) in [6.07, 6.45) is 2.71. The van der Waals surface area contributed by atoms with Crippen molar-refractivity contribution in [2.45, 2.75) is 19.4 Å². The minimum Gasteiger partial charge on any atom is -0.506 e. The Morgan fingerprint density at radius 2 is 1.89 bits per heavy atom. The van der Waals surface area contributed by atoms with Crippen molar-refractivity contribution in [1.82, 2.24) is 15.2 Å². The van der Waals surface area contributed by atoms with E-state index in [1.165, 1.54) is 0 Å². The summed E-state index contributed by atoms with van der Waals surface area (Å²) in [4.78, 5) is 20.6. The van der Waals surface area contributed by atoms with Gasteiger partial charge in [-0.25, -0.2) is 0 Å². The number of likely N-dealkylation sites (N-methyl/N-ethyl adjacent to an activating group) is 1. The van der Waals surface area contributed by atoms with Crippen molar-refractivity contribution in [3.8, 4) is 34.1 Å². The lowest BCUT2D eigenvalue weighted by Gasteiger charge is -2.33. The second-order valence-corrected chi connectivity index (χ2v) is 9.91. The zero-order chi connectivity index (χ0) is 26.1. The predicted molar refractivity (Wildman–Crippen MR) is 147 cm³/mol. The number of nitrogens with one attached hydrogen (secondary N) is 1. The van der Waals surface area contributed by atoms with Crippen LogP contribution in [0.4, 0.5) is 0 Å². The highest BCUT2D eigenvalue weighted by atomic mass is 35.5.